The molecule has 0 aromatic heterocycles. The van der Waals surface area contributed by atoms with E-state index in [1.165, 1.54) is 12.1 Å². The number of halogens is 1. The summed E-state index contributed by atoms with van der Waals surface area (Å²) >= 11 is 0. The molecule has 0 saturated heterocycles. The minimum absolute atomic E-state index is 0.0200. The molecule has 0 atom stereocenters. The number of carbonyl (C=O) groups excluding carboxylic acids is 1. The number of carbonyl (C=O) groups is 1. The maximum Gasteiger partial charge on any atom is 0.169 e. The Morgan fingerprint density at radius 2 is 1.78 bits per heavy atom. The minimum Gasteiger partial charge on any atom is -0.388 e. The molecule has 0 unspecified atom stereocenters. The predicted octanol–water partition coefficient (Wildman–Crippen LogP) is 3.29. The van der Waals surface area contributed by atoms with Gasteiger partial charge in [0, 0.05) is 24.7 Å². The van der Waals surface area contributed by atoms with Crippen LogP contribution in [-0.2, 0) is 6.42 Å². The summed E-state index contributed by atoms with van der Waals surface area (Å²) in [5, 5.41) is 2.99. The molecular formula is C15H14FNO. The Morgan fingerprint density at radius 1 is 1.11 bits per heavy atom. The van der Waals surface area contributed by atoms with Crippen LogP contribution in [0.4, 0.5) is 10.1 Å². The van der Waals surface area contributed by atoms with Gasteiger partial charge >= 0.3 is 0 Å². The number of Topliss-reactive ketones (excluding diaryl/α,β-unsaturated/α-hetero) is 1. The number of hydrogen-bond acceptors (Lipinski definition) is 2. The highest BCUT2D eigenvalue weighted by atomic mass is 19.1. The third-order valence-electron chi connectivity index (χ3n) is 2.77. The third-order valence-corrected chi connectivity index (χ3v) is 2.77. The molecule has 0 heterocycles. The summed E-state index contributed by atoms with van der Waals surface area (Å²) in [7, 11) is 1.78. The summed E-state index contributed by atoms with van der Waals surface area (Å²) < 4.78 is 12.8. The second-order valence-electron chi connectivity index (χ2n) is 4.02. The molecule has 0 fully saturated rings. The fourth-order valence-electron chi connectivity index (χ4n) is 1.83. The van der Waals surface area contributed by atoms with Crippen LogP contribution in [0, 0.1) is 5.82 Å². The van der Waals surface area contributed by atoms with Gasteiger partial charge in [0.05, 0.1) is 0 Å². The van der Waals surface area contributed by atoms with E-state index in [1.807, 2.05) is 18.2 Å². The van der Waals surface area contributed by atoms with Crippen molar-refractivity contribution < 1.29 is 9.18 Å². The number of hydrogen-bond donors (Lipinski definition) is 1. The fraction of sp³-hybridized carbons (Fsp3) is 0.133. The average Bonchev–Trinajstić information content (AvgIpc) is 2.41. The normalized spacial score (nSPS) is 10.1. The summed E-state index contributed by atoms with van der Waals surface area (Å²) in [5.41, 5.74) is 2.28. The summed E-state index contributed by atoms with van der Waals surface area (Å²) in [6.45, 7) is 0. The van der Waals surface area contributed by atoms with Crippen LogP contribution in [0.15, 0.2) is 48.5 Å². The Bertz CT molecular complexity index is 549. The summed E-state index contributed by atoms with van der Waals surface area (Å²) in [5.74, 6) is -0.270. The molecule has 0 saturated carbocycles. The van der Waals surface area contributed by atoms with Gasteiger partial charge in [0.2, 0.25) is 0 Å². The largest absolute Gasteiger partial charge is 0.388 e. The lowest BCUT2D eigenvalue weighted by Gasteiger charge is -2.07. The van der Waals surface area contributed by atoms with E-state index >= 15 is 0 Å². The third kappa shape index (κ3) is 2.74. The summed E-state index contributed by atoms with van der Waals surface area (Å²) in [6.07, 6.45) is 0.277. The molecule has 2 aromatic carbocycles. The molecule has 2 nitrogen and oxygen atoms in total. The lowest BCUT2D eigenvalue weighted by molar-refractivity contribution is 0.0993. The van der Waals surface area contributed by atoms with Gasteiger partial charge in [-0.3, -0.25) is 4.79 Å². The molecule has 92 valence electrons. The highest BCUT2D eigenvalue weighted by molar-refractivity contribution is 6.02. The van der Waals surface area contributed by atoms with E-state index in [1.54, 1.807) is 25.2 Å². The Labute approximate surface area is 105 Å². The van der Waals surface area contributed by atoms with Gasteiger partial charge in [0.15, 0.2) is 5.78 Å². The number of nitrogens with one attached hydrogen (secondary N) is 1. The molecule has 0 bridgehead atoms. The van der Waals surface area contributed by atoms with Gasteiger partial charge in [0.25, 0.3) is 0 Å². The van der Waals surface area contributed by atoms with Crippen molar-refractivity contribution in [1.29, 1.82) is 0 Å². The molecule has 0 aliphatic heterocycles. The Balaban J connectivity index is 2.19. The Kier molecular flexibility index (Phi) is 3.72. The van der Waals surface area contributed by atoms with Crippen molar-refractivity contribution in [1.82, 2.24) is 0 Å². The molecule has 2 aromatic rings. The van der Waals surface area contributed by atoms with Crippen LogP contribution in [0.1, 0.15) is 15.9 Å². The van der Waals surface area contributed by atoms with Gasteiger partial charge in [-0.25, -0.2) is 4.39 Å². The quantitative estimate of drug-likeness (QED) is 0.835. The van der Waals surface area contributed by atoms with E-state index in [-0.39, 0.29) is 18.0 Å². The molecular weight excluding hydrogens is 229 g/mol. The van der Waals surface area contributed by atoms with Crippen molar-refractivity contribution in [2.45, 2.75) is 6.42 Å². The molecule has 0 spiro atoms. The Morgan fingerprint density at radius 3 is 2.44 bits per heavy atom. The van der Waals surface area contributed by atoms with Crippen molar-refractivity contribution in [3.63, 3.8) is 0 Å². The van der Waals surface area contributed by atoms with E-state index in [9.17, 15) is 9.18 Å². The lowest BCUT2D eigenvalue weighted by atomic mass is 10.0. The lowest BCUT2D eigenvalue weighted by Crippen LogP contribution is -2.06. The first-order valence-corrected chi connectivity index (χ1v) is 5.75. The first-order valence-electron chi connectivity index (χ1n) is 5.75. The van der Waals surface area contributed by atoms with Crippen molar-refractivity contribution in [3.8, 4) is 0 Å². The van der Waals surface area contributed by atoms with Gasteiger partial charge in [-0.15, -0.1) is 0 Å². The maximum absolute atomic E-state index is 12.8. The van der Waals surface area contributed by atoms with Crippen LogP contribution in [-0.4, -0.2) is 12.8 Å². The van der Waals surface area contributed by atoms with Gasteiger partial charge in [-0.2, -0.15) is 0 Å². The van der Waals surface area contributed by atoms with Gasteiger partial charge in [-0.05, 0) is 29.8 Å². The number of para-hydroxylation sites is 1. The zero-order chi connectivity index (χ0) is 13.0. The van der Waals surface area contributed by atoms with E-state index in [0.717, 1.165) is 11.3 Å². The minimum atomic E-state index is -0.290. The molecule has 18 heavy (non-hydrogen) atoms. The number of rotatable bonds is 4. The first-order chi connectivity index (χ1) is 8.70. The van der Waals surface area contributed by atoms with E-state index in [4.69, 9.17) is 0 Å². The van der Waals surface area contributed by atoms with Crippen LogP contribution >= 0.6 is 0 Å². The van der Waals surface area contributed by atoms with Gasteiger partial charge < -0.3 is 5.32 Å². The average molecular weight is 243 g/mol. The molecule has 2 rings (SSSR count). The molecule has 0 aliphatic rings. The fourth-order valence-corrected chi connectivity index (χ4v) is 1.83. The number of anilines is 1. The molecule has 0 radical (unpaired) electrons. The number of benzene rings is 2. The van der Waals surface area contributed by atoms with Crippen LogP contribution in [0.3, 0.4) is 0 Å². The second kappa shape index (κ2) is 5.45. The van der Waals surface area contributed by atoms with Crippen molar-refractivity contribution in [2.24, 2.45) is 0 Å². The Hall–Kier alpha value is -2.16. The summed E-state index contributed by atoms with van der Waals surface area (Å²) in [4.78, 5) is 12.1. The van der Waals surface area contributed by atoms with Gasteiger partial charge in [0.1, 0.15) is 5.82 Å². The van der Waals surface area contributed by atoms with Crippen LogP contribution in [0.2, 0.25) is 0 Å². The second-order valence-corrected chi connectivity index (χ2v) is 4.02. The standard InChI is InChI=1S/C15H14FNO/c1-17-14-5-3-2-4-13(14)15(18)10-11-6-8-12(16)9-7-11/h2-9,17H,10H2,1H3. The highest BCUT2D eigenvalue weighted by Crippen LogP contribution is 2.17. The zero-order valence-electron chi connectivity index (χ0n) is 10.1. The number of ketones is 1. The van der Waals surface area contributed by atoms with Crippen LogP contribution in [0.25, 0.3) is 0 Å². The molecule has 1 N–H and O–H groups in total. The highest BCUT2D eigenvalue weighted by Gasteiger charge is 2.10. The SMILES string of the molecule is CNc1ccccc1C(=O)Cc1ccc(F)cc1. The van der Waals surface area contributed by atoms with Crippen molar-refractivity contribution in [2.75, 3.05) is 12.4 Å². The monoisotopic (exact) mass is 243 g/mol. The van der Waals surface area contributed by atoms with E-state index < -0.39 is 0 Å². The van der Waals surface area contributed by atoms with Crippen LogP contribution in [0.5, 0.6) is 0 Å². The first kappa shape index (κ1) is 12.3. The topological polar surface area (TPSA) is 29.1 Å². The van der Waals surface area contributed by atoms with E-state index in [2.05, 4.69) is 5.32 Å². The van der Waals surface area contributed by atoms with Crippen LogP contribution < -0.4 is 5.32 Å². The van der Waals surface area contributed by atoms with Gasteiger partial charge in [-0.1, -0.05) is 24.3 Å². The maximum atomic E-state index is 12.8. The predicted molar refractivity (Wildman–Crippen MR) is 70.4 cm³/mol. The molecule has 0 amide bonds. The molecule has 0 aliphatic carbocycles. The molecule has 3 heteroatoms. The smallest absolute Gasteiger partial charge is 0.169 e. The zero-order valence-corrected chi connectivity index (χ0v) is 10.1. The van der Waals surface area contributed by atoms with Crippen molar-refractivity contribution in [3.05, 3.63) is 65.5 Å². The van der Waals surface area contributed by atoms with E-state index in [0.29, 0.717) is 5.56 Å². The summed E-state index contributed by atoms with van der Waals surface area (Å²) in [6, 6.07) is 13.4. The van der Waals surface area contributed by atoms with Crippen molar-refractivity contribution >= 4 is 11.5 Å².